The van der Waals surface area contributed by atoms with Gasteiger partial charge in [0.2, 0.25) is 0 Å². The monoisotopic (exact) mass is 333 g/mol. The van der Waals surface area contributed by atoms with Gasteiger partial charge < -0.3 is 10.0 Å². The molecule has 1 N–H and O–H groups in total. The van der Waals surface area contributed by atoms with Crippen molar-refractivity contribution in [1.29, 1.82) is 5.26 Å². The summed E-state index contributed by atoms with van der Waals surface area (Å²) < 4.78 is 0. The van der Waals surface area contributed by atoms with Gasteiger partial charge in [0.05, 0.1) is 11.2 Å². The molecule has 25 heavy (non-hydrogen) atoms. The third-order valence-electron chi connectivity index (χ3n) is 5.93. The maximum absolute atomic E-state index is 11.6. The van der Waals surface area contributed by atoms with E-state index in [4.69, 9.17) is 0 Å². The molecule has 0 spiro atoms. The number of piperidine rings is 1. The summed E-state index contributed by atoms with van der Waals surface area (Å²) in [5.74, 6) is 0.947. The molecule has 2 aliphatic rings. The number of hydrogen-bond donors (Lipinski definition) is 1. The normalized spacial score (nSPS) is 28.9. The summed E-state index contributed by atoms with van der Waals surface area (Å²) in [5, 5.41) is 21.1. The standard InChI is InChI=1S/C21H23N3O/c22-15-16-7-6-13-23-20(16)24-14-12-21(25,17-8-2-1-3-9-17)18-10-4-5-11-19(18)24/h1-3,6-9,13,18-19,25H,4-5,10-12,14H2/t18-,19+,21+/m0/s1. The highest BCUT2D eigenvalue weighted by Gasteiger charge is 2.49. The first-order valence-electron chi connectivity index (χ1n) is 9.14. The summed E-state index contributed by atoms with van der Waals surface area (Å²) >= 11 is 0. The molecule has 1 aliphatic heterocycles. The summed E-state index contributed by atoms with van der Waals surface area (Å²) in [5.41, 5.74) is 0.856. The van der Waals surface area contributed by atoms with Crippen LogP contribution >= 0.6 is 0 Å². The van der Waals surface area contributed by atoms with E-state index in [1.165, 1.54) is 0 Å². The smallest absolute Gasteiger partial charge is 0.146 e. The molecule has 2 aromatic rings. The van der Waals surface area contributed by atoms with Crippen molar-refractivity contribution in [2.24, 2.45) is 5.92 Å². The van der Waals surface area contributed by atoms with Crippen LogP contribution in [0.1, 0.15) is 43.2 Å². The third kappa shape index (κ3) is 2.69. The first kappa shape index (κ1) is 16.1. The summed E-state index contributed by atoms with van der Waals surface area (Å²) in [6, 6.07) is 16.2. The van der Waals surface area contributed by atoms with Gasteiger partial charge in [0, 0.05) is 24.7 Å². The van der Waals surface area contributed by atoms with Crippen LogP contribution in [0.2, 0.25) is 0 Å². The number of aromatic nitrogens is 1. The molecule has 0 radical (unpaired) electrons. The Balaban J connectivity index is 1.73. The Bertz CT molecular complexity index is 785. The van der Waals surface area contributed by atoms with E-state index in [1.807, 2.05) is 42.5 Å². The van der Waals surface area contributed by atoms with Gasteiger partial charge in [-0.25, -0.2) is 4.98 Å². The zero-order chi connectivity index (χ0) is 17.3. The molecule has 1 saturated heterocycles. The SMILES string of the molecule is N#Cc1cccnc1N1CC[C@@](O)(c2ccccc2)[C@H]2CCCC[C@H]21. The summed E-state index contributed by atoms with van der Waals surface area (Å²) in [6.07, 6.45) is 6.79. The molecular weight excluding hydrogens is 310 g/mol. The second-order valence-corrected chi connectivity index (χ2v) is 7.18. The molecule has 1 aromatic heterocycles. The molecule has 0 unspecified atom stereocenters. The van der Waals surface area contributed by atoms with E-state index >= 15 is 0 Å². The topological polar surface area (TPSA) is 60.2 Å². The van der Waals surface area contributed by atoms with E-state index in [1.54, 1.807) is 6.20 Å². The van der Waals surface area contributed by atoms with Gasteiger partial charge >= 0.3 is 0 Å². The molecule has 1 aromatic carbocycles. The molecule has 4 heteroatoms. The van der Waals surface area contributed by atoms with Gasteiger partial charge in [-0.05, 0) is 37.0 Å². The van der Waals surface area contributed by atoms with E-state index < -0.39 is 5.60 Å². The number of rotatable bonds is 2. The van der Waals surface area contributed by atoms with Crippen molar-refractivity contribution in [3.63, 3.8) is 0 Å². The number of pyridine rings is 1. The summed E-state index contributed by atoms with van der Waals surface area (Å²) in [4.78, 5) is 6.78. The number of nitriles is 1. The Morgan fingerprint density at radius 3 is 2.72 bits per heavy atom. The van der Waals surface area contributed by atoms with Crippen molar-refractivity contribution in [3.05, 3.63) is 59.8 Å². The van der Waals surface area contributed by atoms with E-state index in [9.17, 15) is 10.4 Å². The quantitative estimate of drug-likeness (QED) is 0.912. The van der Waals surface area contributed by atoms with Gasteiger partial charge in [-0.1, -0.05) is 43.2 Å². The molecule has 4 nitrogen and oxygen atoms in total. The maximum Gasteiger partial charge on any atom is 0.146 e. The fourth-order valence-corrected chi connectivity index (χ4v) is 4.74. The molecular formula is C21H23N3O. The van der Waals surface area contributed by atoms with Gasteiger partial charge in [-0.2, -0.15) is 5.26 Å². The average molecular weight is 333 g/mol. The van der Waals surface area contributed by atoms with E-state index in [0.29, 0.717) is 12.0 Å². The molecule has 2 fully saturated rings. The molecule has 0 bridgehead atoms. The van der Waals surface area contributed by atoms with Crippen LogP contribution in [-0.4, -0.2) is 22.7 Å². The van der Waals surface area contributed by atoms with E-state index in [2.05, 4.69) is 16.0 Å². The molecule has 3 atom stereocenters. The number of anilines is 1. The zero-order valence-electron chi connectivity index (χ0n) is 14.3. The lowest BCUT2D eigenvalue weighted by Gasteiger charge is -2.53. The molecule has 0 amide bonds. The third-order valence-corrected chi connectivity index (χ3v) is 5.93. The highest BCUT2D eigenvalue weighted by Crippen LogP contribution is 2.48. The molecule has 128 valence electrons. The minimum atomic E-state index is -0.787. The van der Waals surface area contributed by atoms with Crippen molar-refractivity contribution >= 4 is 5.82 Å². The minimum absolute atomic E-state index is 0.172. The second-order valence-electron chi connectivity index (χ2n) is 7.18. The minimum Gasteiger partial charge on any atom is -0.385 e. The largest absolute Gasteiger partial charge is 0.385 e. The van der Waals surface area contributed by atoms with Crippen molar-refractivity contribution in [3.8, 4) is 6.07 Å². The fraction of sp³-hybridized carbons (Fsp3) is 0.429. The van der Waals surface area contributed by atoms with E-state index in [0.717, 1.165) is 43.6 Å². The second kappa shape index (κ2) is 6.50. The van der Waals surface area contributed by atoms with Crippen LogP contribution in [0, 0.1) is 17.2 Å². The number of aliphatic hydroxyl groups is 1. The van der Waals surface area contributed by atoms with Crippen molar-refractivity contribution < 1.29 is 5.11 Å². The predicted octanol–water partition coefficient (Wildman–Crippen LogP) is 3.61. The van der Waals surface area contributed by atoms with Gasteiger partial charge in [0.25, 0.3) is 0 Å². The summed E-state index contributed by atoms with van der Waals surface area (Å²) in [7, 11) is 0. The molecule has 1 aliphatic carbocycles. The Hall–Kier alpha value is -2.38. The Labute approximate surface area is 148 Å². The van der Waals surface area contributed by atoms with Gasteiger partial charge in [0.1, 0.15) is 11.9 Å². The lowest BCUT2D eigenvalue weighted by atomic mass is 9.66. The number of fused-ring (bicyclic) bond motifs is 1. The Kier molecular flexibility index (Phi) is 4.19. The van der Waals surface area contributed by atoms with Crippen molar-refractivity contribution in [1.82, 2.24) is 4.98 Å². The van der Waals surface area contributed by atoms with Crippen LogP contribution < -0.4 is 4.90 Å². The number of benzene rings is 1. The molecule has 2 heterocycles. The van der Waals surface area contributed by atoms with Crippen LogP contribution in [0.4, 0.5) is 5.82 Å². The van der Waals surface area contributed by atoms with Crippen LogP contribution in [-0.2, 0) is 5.60 Å². The first-order valence-corrected chi connectivity index (χ1v) is 9.14. The van der Waals surface area contributed by atoms with Crippen LogP contribution in [0.25, 0.3) is 0 Å². The Morgan fingerprint density at radius 1 is 1.12 bits per heavy atom. The first-order chi connectivity index (χ1) is 12.2. The van der Waals surface area contributed by atoms with Gasteiger partial charge in [-0.3, -0.25) is 0 Å². The van der Waals surface area contributed by atoms with Crippen LogP contribution in [0.15, 0.2) is 48.7 Å². The maximum atomic E-state index is 11.6. The van der Waals surface area contributed by atoms with Crippen LogP contribution in [0.5, 0.6) is 0 Å². The predicted molar refractivity (Wildman–Crippen MR) is 97.0 cm³/mol. The highest BCUT2D eigenvalue weighted by atomic mass is 16.3. The average Bonchev–Trinajstić information content (AvgIpc) is 2.69. The van der Waals surface area contributed by atoms with E-state index in [-0.39, 0.29) is 12.0 Å². The summed E-state index contributed by atoms with van der Waals surface area (Å²) in [6.45, 7) is 0.720. The van der Waals surface area contributed by atoms with Crippen molar-refractivity contribution in [2.45, 2.75) is 43.7 Å². The molecule has 1 saturated carbocycles. The lowest BCUT2D eigenvalue weighted by molar-refractivity contribution is -0.0690. The number of nitrogens with zero attached hydrogens (tertiary/aromatic N) is 3. The zero-order valence-corrected chi connectivity index (χ0v) is 14.3. The lowest BCUT2D eigenvalue weighted by Crippen LogP contribution is -2.58. The van der Waals surface area contributed by atoms with Crippen LogP contribution in [0.3, 0.4) is 0 Å². The van der Waals surface area contributed by atoms with Gasteiger partial charge in [0.15, 0.2) is 0 Å². The van der Waals surface area contributed by atoms with Crippen molar-refractivity contribution in [2.75, 3.05) is 11.4 Å². The van der Waals surface area contributed by atoms with Gasteiger partial charge in [-0.15, -0.1) is 0 Å². The number of hydrogen-bond acceptors (Lipinski definition) is 4. The molecule has 4 rings (SSSR count). The fourth-order valence-electron chi connectivity index (χ4n) is 4.74. The Morgan fingerprint density at radius 2 is 1.92 bits per heavy atom. The highest BCUT2D eigenvalue weighted by molar-refractivity contribution is 5.55.